The minimum atomic E-state index is -2.87. The van der Waals surface area contributed by atoms with Crippen LogP contribution < -0.4 is 15.0 Å². The van der Waals surface area contributed by atoms with Gasteiger partial charge in [0.1, 0.15) is 5.75 Å². The smallest absolute Gasteiger partial charge is 0.153 e. The van der Waals surface area contributed by atoms with Gasteiger partial charge in [-0.25, -0.2) is 8.42 Å². The molecule has 1 N–H and O–H groups in total. The largest absolute Gasteiger partial charge is 0.496 e. The predicted molar refractivity (Wildman–Crippen MR) is 86.0 cm³/mol. The lowest BCUT2D eigenvalue weighted by Crippen LogP contribution is -2.41. The number of rotatable bonds is 5. The van der Waals surface area contributed by atoms with E-state index in [0.717, 1.165) is 23.5 Å². The number of methoxy groups -OCH3 is 1. The number of benzene rings is 1. The van der Waals surface area contributed by atoms with Crippen LogP contribution in [0, 0.1) is 0 Å². The normalized spacial score (nSPS) is 19.3. The fourth-order valence-corrected chi connectivity index (χ4v) is 3.98. The summed E-state index contributed by atoms with van der Waals surface area (Å²) in [6.45, 7) is 6.13. The molecule has 6 heteroatoms. The molecule has 1 unspecified atom stereocenters. The summed E-state index contributed by atoms with van der Waals surface area (Å²) in [6, 6.07) is 6.11. The Bertz CT molecular complexity index is 573. The van der Waals surface area contributed by atoms with Crippen molar-refractivity contribution in [2.45, 2.75) is 19.9 Å². The number of ether oxygens (including phenoxy) is 1. The highest BCUT2D eigenvalue weighted by Crippen LogP contribution is 2.35. The van der Waals surface area contributed by atoms with Gasteiger partial charge in [-0.2, -0.15) is 0 Å². The molecular weight excluding hydrogens is 288 g/mol. The van der Waals surface area contributed by atoms with Gasteiger partial charge in [-0.3, -0.25) is 0 Å². The van der Waals surface area contributed by atoms with Crippen molar-refractivity contribution < 1.29 is 13.2 Å². The fourth-order valence-electron chi connectivity index (χ4n) is 2.78. The molecule has 118 valence electrons. The lowest BCUT2D eigenvalue weighted by Gasteiger charge is -2.32. The Morgan fingerprint density at radius 3 is 2.57 bits per heavy atom. The van der Waals surface area contributed by atoms with Gasteiger partial charge in [0.05, 0.1) is 18.6 Å². The summed E-state index contributed by atoms with van der Waals surface area (Å²) < 4.78 is 28.7. The van der Waals surface area contributed by atoms with Gasteiger partial charge in [-0.1, -0.05) is 13.0 Å². The second-order valence-corrected chi connectivity index (χ2v) is 7.61. The maximum absolute atomic E-state index is 11.6. The van der Waals surface area contributed by atoms with E-state index in [2.05, 4.69) is 24.1 Å². The molecule has 0 spiro atoms. The summed E-state index contributed by atoms with van der Waals surface area (Å²) in [5.41, 5.74) is 2.17. The summed E-state index contributed by atoms with van der Waals surface area (Å²) in [7, 11) is -1.20. The van der Waals surface area contributed by atoms with E-state index in [4.69, 9.17) is 4.74 Å². The van der Waals surface area contributed by atoms with Gasteiger partial charge < -0.3 is 15.0 Å². The Morgan fingerprint density at radius 2 is 2.00 bits per heavy atom. The average Bonchev–Trinajstić information content (AvgIpc) is 2.46. The van der Waals surface area contributed by atoms with Crippen molar-refractivity contribution in [3.05, 3.63) is 23.8 Å². The molecular formula is C15H24N2O3S. The molecule has 1 saturated heterocycles. The van der Waals surface area contributed by atoms with Crippen LogP contribution in [-0.4, -0.2) is 46.7 Å². The number of hydrogen-bond acceptors (Lipinski definition) is 5. The van der Waals surface area contributed by atoms with E-state index in [1.54, 1.807) is 7.11 Å². The Kier molecular flexibility index (Phi) is 5.11. The lowest BCUT2D eigenvalue weighted by molar-refractivity contribution is 0.402. The van der Waals surface area contributed by atoms with Crippen molar-refractivity contribution in [3.63, 3.8) is 0 Å². The van der Waals surface area contributed by atoms with Crippen molar-refractivity contribution in [2.24, 2.45) is 0 Å². The molecule has 1 aromatic rings. The molecule has 0 amide bonds. The van der Waals surface area contributed by atoms with Gasteiger partial charge in [-0.05, 0) is 25.6 Å². The molecule has 1 aliphatic rings. The number of nitrogens with zero attached hydrogens (tertiary/aromatic N) is 1. The van der Waals surface area contributed by atoms with E-state index in [9.17, 15) is 8.42 Å². The summed E-state index contributed by atoms with van der Waals surface area (Å²) >= 11 is 0. The molecule has 1 aliphatic heterocycles. The summed E-state index contributed by atoms with van der Waals surface area (Å²) in [6.07, 6.45) is 0. The molecule has 1 heterocycles. The summed E-state index contributed by atoms with van der Waals surface area (Å²) in [4.78, 5) is 2.15. The average molecular weight is 312 g/mol. The second-order valence-electron chi connectivity index (χ2n) is 5.31. The predicted octanol–water partition coefficient (Wildman–Crippen LogP) is 1.60. The Morgan fingerprint density at radius 1 is 1.33 bits per heavy atom. The Balaban J connectivity index is 2.34. The first-order chi connectivity index (χ1) is 9.98. The van der Waals surface area contributed by atoms with Crippen LogP contribution in [0.1, 0.15) is 25.5 Å². The van der Waals surface area contributed by atoms with Gasteiger partial charge in [0.15, 0.2) is 9.84 Å². The van der Waals surface area contributed by atoms with Crippen LogP contribution in [0.15, 0.2) is 18.2 Å². The van der Waals surface area contributed by atoms with E-state index in [1.807, 2.05) is 18.2 Å². The molecule has 0 radical (unpaired) electrons. The maximum Gasteiger partial charge on any atom is 0.153 e. The van der Waals surface area contributed by atoms with Crippen LogP contribution in [-0.2, 0) is 9.84 Å². The van der Waals surface area contributed by atoms with E-state index >= 15 is 0 Å². The molecule has 0 bridgehead atoms. The van der Waals surface area contributed by atoms with Gasteiger partial charge in [-0.15, -0.1) is 0 Å². The SMILES string of the molecule is CCNC(C)c1c(OC)cccc1N1CCS(=O)(=O)CC1. The van der Waals surface area contributed by atoms with Gasteiger partial charge in [0.2, 0.25) is 0 Å². The number of sulfone groups is 1. The maximum atomic E-state index is 11.6. The molecule has 1 atom stereocenters. The van der Waals surface area contributed by atoms with Crippen molar-refractivity contribution in [3.8, 4) is 5.75 Å². The first kappa shape index (κ1) is 16.1. The zero-order valence-corrected chi connectivity index (χ0v) is 13.7. The third kappa shape index (κ3) is 3.68. The number of anilines is 1. The van der Waals surface area contributed by atoms with Crippen LogP contribution in [0.25, 0.3) is 0 Å². The monoisotopic (exact) mass is 312 g/mol. The van der Waals surface area contributed by atoms with E-state index < -0.39 is 9.84 Å². The van der Waals surface area contributed by atoms with E-state index in [0.29, 0.717) is 13.1 Å². The molecule has 0 saturated carbocycles. The Hall–Kier alpha value is -1.27. The number of nitrogens with one attached hydrogen (secondary N) is 1. The molecule has 0 aromatic heterocycles. The third-order valence-corrected chi connectivity index (χ3v) is 5.50. The topological polar surface area (TPSA) is 58.6 Å². The summed E-state index contributed by atoms with van der Waals surface area (Å²) in [5, 5.41) is 3.41. The highest BCUT2D eigenvalue weighted by molar-refractivity contribution is 7.91. The fraction of sp³-hybridized carbons (Fsp3) is 0.600. The quantitative estimate of drug-likeness (QED) is 0.895. The zero-order chi connectivity index (χ0) is 15.5. The number of hydrogen-bond donors (Lipinski definition) is 1. The zero-order valence-electron chi connectivity index (χ0n) is 12.9. The minimum absolute atomic E-state index is 0.152. The molecule has 1 fully saturated rings. The van der Waals surface area contributed by atoms with Gasteiger partial charge >= 0.3 is 0 Å². The molecule has 0 aliphatic carbocycles. The summed E-state index contributed by atoms with van der Waals surface area (Å²) in [5.74, 6) is 1.28. The molecule has 2 rings (SSSR count). The van der Waals surface area contributed by atoms with Crippen LogP contribution in [0.2, 0.25) is 0 Å². The first-order valence-electron chi connectivity index (χ1n) is 7.34. The van der Waals surface area contributed by atoms with Crippen LogP contribution in [0.4, 0.5) is 5.69 Å². The lowest BCUT2D eigenvalue weighted by atomic mass is 10.0. The standard InChI is InChI=1S/C15H24N2O3S/c1-4-16-12(2)15-13(6-5-7-14(15)20-3)17-8-10-21(18,19)11-9-17/h5-7,12,16H,4,8-11H2,1-3H3. The van der Waals surface area contributed by atoms with Crippen LogP contribution >= 0.6 is 0 Å². The van der Waals surface area contributed by atoms with Gasteiger partial charge in [0, 0.05) is 30.4 Å². The van der Waals surface area contributed by atoms with Crippen LogP contribution in [0.5, 0.6) is 5.75 Å². The third-order valence-electron chi connectivity index (χ3n) is 3.89. The molecule has 1 aromatic carbocycles. The highest BCUT2D eigenvalue weighted by atomic mass is 32.2. The van der Waals surface area contributed by atoms with Crippen LogP contribution in [0.3, 0.4) is 0 Å². The van der Waals surface area contributed by atoms with Gasteiger partial charge in [0.25, 0.3) is 0 Å². The van der Waals surface area contributed by atoms with Crippen molar-refractivity contribution in [1.82, 2.24) is 5.32 Å². The van der Waals surface area contributed by atoms with E-state index in [1.165, 1.54) is 0 Å². The first-order valence-corrected chi connectivity index (χ1v) is 9.16. The van der Waals surface area contributed by atoms with Crippen molar-refractivity contribution in [2.75, 3.05) is 43.1 Å². The van der Waals surface area contributed by atoms with Crippen molar-refractivity contribution >= 4 is 15.5 Å². The second kappa shape index (κ2) is 6.66. The highest BCUT2D eigenvalue weighted by Gasteiger charge is 2.25. The van der Waals surface area contributed by atoms with Crippen molar-refractivity contribution in [1.29, 1.82) is 0 Å². The molecule has 21 heavy (non-hydrogen) atoms. The molecule has 5 nitrogen and oxygen atoms in total. The van der Waals surface area contributed by atoms with E-state index in [-0.39, 0.29) is 17.5 Å². The minimum Gasteiger partial charge on any atom is -0.496 e. The Labute approximate surface area is 127 Å².